The van der Waals surface area contributed by atoms with E-state index in [0.717, 1.165) is 10.2 Å². The number of nitrogens with zero attached hydrogens (tertiary/aromatic N) is 3. The number of halogens is 1. The van der Waals surface area contributed by atoms with Crippen molar-refractivity contribution in [2.75, 3.05) is 5.75 Å². The van der Waals surface area contributed by atoms with Crippen molar-refractivity contribution < 1.29 is 9.59 Å². The summed E-state index contributed by atoms with van der Waals surface area (Å²) >= 11 is 4.78. The maximum atomic E-state index is 13.2. The minimum absolute atomic E-state index is 0.214. The fourth-order valence-electron chi connectivity index (χ4n) is 2.96. The molecule has 0 aliphatic carbocycles. The Hall–Kier alpha value is -2.45. The van der Waals surface area contributed by atoms with E-state index in [9.17, 15) is 9.59 Å². The van der Waals surface area contributed by atoms with Crippen LogP contribution in [0.3, 0.4) is 0 Å². The first-order chi connectivity index (χ1) is 13.1. The number of hydrogen-bond donors (Lipinski definition) is 1. The van der Waals surface area contributed by atoms with E-state index in [1.807, 2.05) is 25.1 Å². The Morgan fingerprint density at radius 1 is 1.22 bits per heavy atom. The molecule has 0 fully saturated rings. The lowest BCUT2D eigenvalue weighted by molar-refractivity contribution is -0.115. The van der Waals surface area contributed by atoms with E-state index >= 15 is 0 Å². The zero-order valence-corrected chi connectivity index (χ0v) is 16.8. The lowest BCUT2D eigenvalue weighted by Crippen LogP contribution is -2.54. The normalized spacial score (nSPS) is 18.1. The number of ketones is 1. The summed E-state index contributed by atoms with van der Waals surface area (Å²) in [6.07, 6.45) is -0.922. The minimum Gasteiger partial charge on any atom is -0.298 e. The first-order valence-corrected chi connectivity index (χ1v) is 10.2. The Bertz CT molecular complexity index is 1080. The molecule has 0 spiro atoms. The second-order valence-corrected chi connectivity index (χ2v) is 8.04. The third-order valence-corrected chi connectivity index (χ3v) is 5.43. The van der Waals surface area contributed by atoms with E-state index in [2.05, 4.69) is 31.3 Å². The van der Waals surface area contributed by atoms with Gasteiger partial charge in [0.25, 0.3) is 5.91 Å². The van der Waals surface area contributed by atoms with Gasteiger partial charge in [0.1, 0.15) is 5.70 Å². The van der Waals surface area contributed by atoms with Gasteiger partial charge in [0.2, 0.25) is 11.9 Å². The van der Waals surface area contributed by atoms with Crippen LogP contribution in [0.25, 0.3) is 5.70 Å². The number of benzene rings is 2. The van der Waals surface area contributed by atoms with Gasteiger partial charge in [-0.3, -0.25) is 14.9 Å². The van der Waals surface area contributed by atoms with E-state index in [1.54, 1.807) is 30.3 Å². The predicted molar refractivity (Wildman–Crippen MR) is 108 cm³/mol. The standard InChI is InChI=1S/C19H15BrN4O2S/c1-2-27-19-22-18(26)15-13-5-3-4-6-14(13)21-17(24(15)23-19)16(25)11-7-9-12(20)10-8-11/h3-10,17H,2H2,1H3,(H,22,23,26)/t17-/m0/s1. The van der Waals surface area contributed by atoms with Crippen LogP contribution in [0.4, 0.5) is 0 Å². The number of carbonyl (C=O) groups is 2. The molecule has 0 saturated carbocycles. The number of thioether (sulfide) groups is 1. The summed E-state index contributed by atoms with van der Waals surface area (Å²) in [6.45, 7) is 1.97. The quantitative estimate of drug-likeness (QED) is 0.736. The lowest BCUT2D eigenvalue weighted by atomic mass is 10.1. The van der Waals surface area contributed by atoms with Crippen molar-refractivity contribution in [2.24, 2.45) is 10.1 Å². The van der Waals surface area contributed by atoms with Gasteiger partial charge < -0.3 is 0 Å². The van der Waals surface area contributed by atoms with E-state index in [4.69, 9.17) is 0 Å². The van der Waals surface area contributed by atoms with Gasteiger partial charge in [0.15, 0.2) is 5.17 Å². The number of fused-ring (bicyclic) bond motifs is 2. The molecule has 0 saturated heterocycles. The summed E-state index contributed by atoms with van der Waals surface area (Å²) in [5.41, 5.74) is 0.855. The van der Waals surface area contributed by atoms with Crippen molar-refractivity contribution in [3.05, 3.63) is 69.1 Å². The molecular weight excluding hydrogens is 428 g/mol. The molecule has 4 rings (SSSR count). The van der Waals surface area contributed by atoms with Crippen LogP contribution in [0.5, 0.6) is 0 Å². The third kappa shape index (κ3) is 3.30. The summed E-state index contributed by atoms with van der Waals surface area (Å²) in [5.74, 6) is 0.257. The molecule has 1 atom stereocenters. The molecule has 27 heavy (non-hydrogen) atoms. The molecule has 0 aromatic heterocycles. The fraction of sp³-hybridized carbons (Fsp3) is 0.158. The van der Waals surface area contributed by atoms with Crippen LogP contribution >= 0.6 is 27.7 Å². The summed E-state index contributed by atoms with van der Waals surface area (Å²) < 4.78 is 0.884. The molecular formula is C19H15BrN4O2S. The Morgan fingerprint density at radius 3 is 2.70 bits per heavy atom. The van der Waals surface area contributed by atoms with Gasteiger partial charge in [-0.2, -0.15) is 0 Å². The number of rotatable bonds is 3. The van der Waals surface area contributed by atoms with Crippen LogP contribution in [0.2, 0.25) is 0 Å². The molecule has 136 valence electrons. The SMILES string of the molecule is CCSC1=NN2C(=c3ccccc3=N[C@@H]2C(=O)c2ccc(Br)cc2)C(=O)N1. The summed E-state index contributed by atoms with van der Waals surface area (Å²) in [4.78, 5) is 30.6. The Balaban J connectivity index is 1.88. The predicted octanol–water partition coefficient (Wildman–Crippen LogP) is 1.86. The minimum atomic E-state index is -0.922. The number of Topliss-reactive ketones (excluding diaryl/α,β-unsaturated/α-hetero) is 1. The Labute approximate surface area is 168 Å². The van der Waals surface area contributed by atoms with Gasteiger partial charge in [-0.15, -0.1) is 5.10 Å². The van der Waals surface area contributed by atoms with E-state index in [-0.39, 0.29) is 11.7 Å². The van der Waals surface area contributed by atoms with Gasteiger partial charge in [0.05, 0.1) is 5.36 Å². The largest absolute Gasteiger partial charge is 0.298 e. The van der Waals surface area contributed by atoms with Gasteiger partial charge in [-0.25, -0.2) is 10.0 Å². The van der Waals surface area contributed by atoms with Crippen LogP contribution < -0.4 is 15.9 Å². The highest BCUT2D eigenvalue weighted by Gasteiger charge is 2.37. The zero-order valence-electron chi connectivity index (χ0n) is 14.3. The molecule has 2 aromatic rings. The highest BCUT2D eigenvalue weighted by Crippen LogP contribution is 2.23. The van der Waals surface area contributed by atoms with Crippen LogP contribution in [0.15, 0.2) is 63.1 Å². The third-order valence-electron chi connectivity index (χ3n) is 4.16. The van der Waals surface area contributed by atoms with Crippen LogP contribution in [-0.2, 0) is 4.79 Å². The molecule has 8 heteroatoms. The number of para-hydroxylation sites is 1. The molecule has 1 amide bonds. The fourth-order valence-corrected chi connectivity index (χ4v) is 3.81. The van der Waals surface area contributed by atoms with Gasteiger partial charge in [0, 0.05) is 15.3 Å². The number of hydrogen-bond acceptors (Lipinski definition) is 6. The number of hydrazone groups is 1. The van der Waals surface area contributed by atoms with Crippen LogP contribution in [0.1, 0.15) is 17.3 Å². The van der Waals surface area contributed by atoms with Crippen molar-refractivity contribution in [1.82, 2.24) is 10.3 Å². The number of nitrogens with one attached hydrogen (secondary N) is 1. The molecule has 0 bridgehead atoms. The van der Waals surface area contributed by atoms with E-state index in [1.165, 1.54) is 16.8 Å². The van der Waals surface area contributed by atoms with Crippen molar-refractivity contribution >= 4 is 50.2 Å². The maximum absolute atomic E-state index is 13.2. The maximum Gasteiger partial charge on any atom is 0.276 e. The van der Waals surface area contributed by atoms with Crippen molar-refractivity contribution in [2.45, 2.75) is 13.1 Å². The monoisotopic (exact) mass is 442 g/mol. The molecule has 1 N–H and O–H groups in total. The molecule has 2 aromatic carbocycles. The first-order valence-electron chi connectivity index (χ1n) is 8.37. The average Bonchev–Trinajstić information content (AvgIpc) is 2.67. The van der Waals surface area contributed by atoms with Crippen molar-refractivity contribution in [3.63, 3.8) is 0 Å². The second kappa shape index (κ2) is 7.28. The Morgan fingerprint density at radius 2 is 1.96 bits per heavy atom. The van der Waals surface area contributed by atoms with Crippen LogP contribution in [0, 0.1) is 0 Å². The van der Waals surface area contributed by atoms with Crippen molar-refractivity contribution in [1.29, 1.82) is 0 Å². The Kier molecular flexibility index (Phi) is 4.84. The number of carbonyl (C=O) groups excluding carboxylic acids is 2. The smallest absolute Gasteiger partial charge is 0.276 e. The molecule has 0 unspecified atom stereocenters. The molecule has 2 aliphatic rings. The average molecular weight is 443 g/mol. The molecule has 2 heterocycles. The molecule has 2 aliphatic heterocycles. The zero-order chi connectivity index (χ0) is 19.0. The van der Waals surface area contributed by atoms with Crippen molar-refractivity contribution in [3.8, 4) is 0 Å². The van der Waals surface area contributed by atoms with E-state index < -0.39 is 6.17 Å². The number of amides is 1. The second-order valence-electron chi connectivity index (χ2n) is 5.88. The van der Waals surface area contributed by atoms with Gasteiger partial charge >= 0.3 is 0 Å². The number of amidine groups is 1. The summed E-state index contributed by atoms with van der Waals surface area (Å²) in [7, 11) is 0. The van der Waals surface area contributed by atoms with Crippen LogP contribution in [-0.4, -0.2) is 33.8 Å². The van der Waals surface area contributed by atoms with Gasteiger partial charge in [-0.1, -0.05) is 64.9 Å². The lowest BCUT2D eigenvalue weighted by Gasteiger charge is -2.33. The highest BCUT2D eigenvalue weighted by molar-refractivity contribution is 9.10. The first kappa shape index (κ1) is 17.9. The topological polar surface area (TPSA) is 74.1 Å². The van der Waals surface area contributed by atoms with E-state index in [0.29, 0.717) is 27.0 Å². The highest BCUT2D eigenvalue weighted by atomic mass is 79.9. The molecule has 0 radical (unpaired) electrons. The summed E-state index contributed by atoms with van der Waals surface area (Å²) in [6, 6.07) is 14.4. The summed E-state index contributed by atoms with van der Waals surface area (Å²) in [5, 5.41) is 10.5. The van der Waals surface area contributed by atoms with Gasteiger partial charge in [-0.05, 0) is 24.0 Å². The molecule has 6 nitrogen and oxygen atoms in total.